The van der Waals surface area contributed by atoms with E-state index >= 15 is 0 Å². The summed E-state index contributed by atoms with van der Waals surface area (Å²) in [6, 6.07) is 21.6. The molecule has 0 saturated carbocycles. The Balaban J connectivity index is 1.68. The van der Waals surface area contributed by atoms with Crippen LogP contribution in [0, 0.1) is 6.92 Å². The molecule has 0 radical (unpaired) electrons. The molecule has 1 heterocycles. The van der Waals surface area contributed by atoms with Gasteiger partial charge in [-0.05, 0) is 55.7 Å². The molecule has 1 N–H and O–H groups in total. The quantitative estimate of drug-likeness (QED) is 0.581. The third kappa shape index (κ3) is 6.08. The van der Waals surface area contributed by atoms with E-state index in [9.17, 15) is 4.79 Å². The maximum absolute atomic E-state index is 12.9. The number of pyridine rings is 1. The number of amides is 2. The highest BCUT2D eigenvalue weighted by Crippen LogP contribution is 2.18. The number of carbonyl (C=O) groups excluding carboxylic acids is 1. The highest BCUT2D eigenvalue weighted by atomic mass is 16.5. The van der Waals surface area contributed by atoms with Crippen LogP contribution in [0.25, 0.3) is 0 Å². The second kappa shape index (κ2) is 10.4. The van der Waals surface area contributed by atoms with Gasteiger partial charge < -0.3 is 15.0 Å². The molecular weight excluding hydrogens is 374 g/mol. The molecule has 0 aliphatic rings. The molecular formula is C25H29N3O2. The van der Waals surface area contributed by atoms with Gasteiger partial charge >= 0.3 is 6.03 Å². The largest absolute Gasteiger partial charge is 0.494 e. The minimum atomic E-state index is -0.204. The van der Waals surface area contributed by atoms with Crippen molar-refractivity contribution < 1.29 is 9.53 Å². The molecule has 1 aromatic heterocycles. The molecule has 3 rings (SSSR count). The van der Waals surface area contributed by atoms with Crippen molar-refractivity contribution in [3.63, 3.8) is 0 Å². The second-order valence-electron chi connectivity index (χ2n) is 7.38. The number of benzene rings is 2. The van der Waals surface area contributed by atoms with Crippen molar-refractivity contribution in [2.24, 2.45) is 0 Å². The van der Waals surface area contributed by atoms with Crippen molar-refractivity contribution in [2.75, 3.05) is 13.7 Å². The fourth-order valence-corrected chi connectivity index (χ4v) is 3.23. The first-order valence-electron chi connectivity index (χ1n) is 10.2. The van der Waals surface area contributed by atoms with Gasteiger partial charge in [-0.1, -0.05) is 48.0 Å². The van der Waals surface area contributed by atoms with Crippen LogP contribution in [0.2, 0.25) is 0 Å². The number of aryl methyl sites for hydroxylation is 1. The number of nitrogens with one attached hydrogen (secondary N) is 1. The van der Waals surface area contributed by atoms with Gasteiger partial charge in [-0.15, -0.1) is 0 Å². The third-order valence-electron chi connectivity index (χ3n) is 4.90. The van der Waals surface area contributed by atoms with E-state index in [4.69, 9.17) is 4.74 Å². The van der Waals surface area contributed by atoms with Crippen LogP contribution in [0.1, 0.15) is 35.3 Å². The van der Waals surface area contributed by atoms with Crippen molar-refractivity contribution in [1.82, 2.24) is 15.2 Å². The zero-order chi connectivity index (χ0) is 21.3. The van der Waals surface area contributed by atoms with Crippen molar-refractivity contribution in [1.29, 1.82) is 0 Å². The Labute approximate surface area is 178 Å². The summed E-state index contributed by atoms with van der Waals surface area (Å²) in [6.45, 7) is 5.17. The van der Waals surface area contributed by atoms with Crippen LogP contribution in [0.4, 0.5) is 4.79 Å². The zero-order valence-electron chi connectivity index (χ0n) is 17.8. The van der Waals surface area contributed by atoms with Gasteiger partial charge in [0.05, 0.1) is 18.3 Å². The third-order valence-corrected chi connectivity index (χ3v) is 4.90. The highest BCUT2D eigenvalue weighted by molar-refractivity contribution is 5.74. The molecule has 2 aromatic carbocycles. The summed E-state index contributed by atoms with van der Waals surface area (Å²) in [4.78, 5) is 19.1. The Morgan fingerprint density at radius 3 is 2.37 bits per heavy atom. The van der Waals surface area contributed by atoms with E-state index in [0.29, 0.717) is 19.6 Å². The fraction of sp³-hybridized carbons (Fsp3) is 0.280. The Hall–Kier alpha value is -3.34. The molecule has 0 aliphatic carbocycles. The van der Waals surface area contributed by atoms with E-state index in [1.54, 1.807) is 18.1 Å². The standard InChI is InChI=1S/C25H29N3O2/c1-4-30-22-14-12-21(13-15-22)18-28(3)25(29)27-24(23-7-5-6-16-26-23)17-20-10-8-19(2)9-11-20/h5-16,24H,4,17-18H2,1-3H3,(H,27,29). The molecule has 0 saturated heterocycles. The normalized spacial score (nSPS) is 11.6. The topological polar surface area (TPSA) is 54.5 Å². The van der Waals surface area contributed by atoms with Crippen LogP contribution < -0.4 is 10.1 Å². The van der Waals surface area contributed by atoms with Crippen LogP contribution in [0.15, 0.2) is 72.9 Å². The molecule has 156 valence electrons. The van der Waals surface area contributed by atoms with E-state index in [1.165, 1.54) is 5.56 Å². The van der Waals surface area contributed by atoms with Gasteiger partial charge in [0.2, 0.25) is 0 Å². The monoisotopic (exact) mass is 403 g/mol. The molecule has 30 heavy (non-hydrogen) atoms. The lowest BCUT2D eigenvalue weighted by Gasteiger charge is -2.24. The van der Waals surface area contributed by atoms with Gasteiger partial charge in [0.25, 0.3) is 0 Å². The van der Waals surface area contributed by atoms with Gasteiger partial charge in [-0.3, -0.25) is 4.98 Å². The molecule has 5 heteroatoms. The van der Waals surface area contributed by atoms with Crippen molar-refractivity contribution in [2.45, 2.75) is 32.9 Å². The first-order valence-corrected chi connectivity index (χ1v) is 10.2. The van der Waals surface area contributed by atoms with E-state index < -0.39 is 0 Å². The Morgan fingerprint density at radius 1 is 1.03 bits per heavy atom. The van der Waals surface area contributed by atoms with E-state index in [-0.39, 0.29) is 12.1 Å². The molecule has 5 nitrogen and oxygen atoms in total. The Bertz CT molecular complexity index is 925. The van der Waals surface area contributed by atoms with Gasteiger partial charge in [0.1, 0.15) is 5.75 Å². The van der Waals surface area contributed by atoms with Crippen molar-refractivity contribution in [3.8, 4) is 5.75 Å². The minimum Gasteiger partial charge on any atom is -0.494 e. The summed E-state index contributed by atoms with van der Waals surface area (Å²) < 4.78 is 5.48. The van der Waals surface area contributed by atoms with Crippen molar-refractivity contribution >= 4 is 6.03 Å². The number of ether oxygens (including phenoxy) is 1. The van der Waals surface area contributed by atoms with Crippen LogP contribution in [-0.2, 0) is 13.0 Å². The van der Waals surface area contributed by atoms with E-state index in [1.807, 2.05) is 49.4 Å². The second-order valence-corrected chi connectivity index (χ2v) is 7.38. The Morgan fingerprint density at radius 2 is 1.73 bits per heavy atom. The van der Waals surface area contributed by atoms with E-state index in [2.05, 4.69) is 41.5 Å². The van der Waals surface area contributed by atoms with E-state index in [0.717, 1.165) is 22.6 Å². The van der Waals surface area contributed by atoms with Crippen LogP contribution in [0.5, 0.6) is 5.75 Å². The fourth-order valence-electron chi connectivity index (χ4n) is 3.23. The molecule has 1 atom stereocenters. The zero-order valence-corrected chi connectivity index (χ0v) is 17.8. The lowest BCUT2D eigenvalue weighted by atomic mass is 10.0. The highest BCUT2D eigenvalue weighted by Gasteiger charge is 2.19. The number of urea groups is 1. The predicted molar refractivity (Wildman–Crippen MR) is 119 cm³/mol. The lowest BCUT2D eigenvalue weighted by Crippen LogP contribution is -2.40. The summed E-state index contributed by atoms with van der Waals surface area (Å²) in [5.41, 5.74) is 4.27. The number of hydrogen-bond donors (Lipinski definition) is 1. The molecule has 1 unspecified atom stereocenters. The number of aromatic nitrogens is 1. The Kier molecular flexibility index (Phi) is 7.44. The average molecular weight is 404 g/mol. The summed E-state index contributed by atoms with van der Waals surface area (Å²) in [7, 11) is 1.80. The lowest BCUT2D eigenvalue weighted by molar-refractivity contribution is 0.202. The number of nitrogens with zero attached hydrogens (tertiary/aromatic N) is 2. The average Bonchev–Trinajstić information content (AvgIpc) is 2.77. The summed E-state index contributed by atoms with van der Waals surface area (Å²) >= 11 is 0. The van der Waals surface area contributed by atoms with Crippen LogP contribution >= 0.6 is 0 Å². The molecule has 0 aliphatic heterocycles. The number of rotatable bonds is 8. The molecule has 0 fully saturated rings. The van der Waals surface area contributed by atoms with Crippen molar-refractivity contribution in [3.05, 3.63) is 95.3 Å². The maximum atomic E-state index is 12.9. The smallest absolute Gasteiger partial charge is 0.317 e. The SMILES string of the molecule is CCOc1ccc(CN(C)C(=O)NC(Cc2ccc(C)cc2)c2ccccn2)cc1. The first-order chi connectivity index (χ1) is 14.5. The first kappa shape index (κ1) is 21.4. The molecule has 0 bridgehead atoms. The van der Waals surface area contributed by atoms with Gasteiger partial charge in [-0.2, -0.15) is 0 Å². The molecule has 0 spiro atoms. The van der Waals surface area contributed by atoms with Crippen LogP contribution in [0.3, 0.4) is 0 Å². The molecule has 2 amide bonds. The van der Waals surface area contributed by atoms with Gasteiger partial charge in [0, 0.05) is 19.8 Å². The number of carbonyl (C=O) groups is 1. The van der Waals surface area contributed by atoms with Gasteiger partial charge in [0.15, 0.2) is 0 Å². The van der Waals surface area contributed by atoms with Gasteiger partial charge in [-0.25, -0.2) is 4.79 Å². The summed E-state index contributed by atoms with van der Waals surface area (Å²) in [5.74, 6) is 0.835. The minimum absolute atomic E-state index is 0.133. The maximum Gasteiger partial charge on any atom is 0.317 e. The summed E-state index contributed by atoms with van der Waals surface area (Å²) in [5, 5.41) is 3.15. The summed E-state index contributed by atoms with van der Waals surface area (Å²) in [6.07, 6.45) is 2.44. The molecule has 3 aromatic rings. The number of hydrogen-bond acceptors (Lipinski definition) is 3. The predicted octanol–water partition coefficient (Wildman–Crippen LogP) is 4.91. The van der Waals surface area contributed by atoms with Crippen LogP contribution in [-0.4, -0.2) is 29.6 Å².